The molecule has 0 unspecified atom stereocenters. The van der Waals surface area contributed by atoms with Gasteiger partial charge < -0.3 is 19.6 Å². The maximum Gasteiger partial charge on any atom is 0.242 e. The number of piperidine rings is 4. The van der Waals surface area contributed by atoms with Crippen molar-refractivity contribution in [3.05, 3.63) is 82.8 Å². The molecule has 0 saturated carbocycles. The van der Waals surface area contributed by atoms with E-state index in [1.54, 1.807) is 58.3 Å². The number of hydrogen-bond acceptors (Lipinski definition) is 8. The summed E-state index contributed by atoms with van der Waals surface area (Å²) in [6, 6.07) is 17.6. The highest BCUT2D eigenvalue weighted by Gasteiger charge is 2.41. The lowest BCUT2D eigenvalue weighted by atomic mass is 9.84. The lowest BCUT2D eigenvalue weighted by Gasteiger charge is -2.46. The number of fused-ring (bicyclic) bond motifs is 4. The maximum absolute atomic E-state index is 13.6. The Kier molecular flexibility index (Phi) is 11.7. The molecule has 2 N–H and O–H groups in total. The van der Waals surface area contributed by atoms with Gasteiger partial charge in [0.25, 0.3) is 0 Å². The molecular weight excluding hydrogens is 840 g/mol. The third-order valence-corrected chi connectivity index (χ3v) is 15.2. The molecule has 4 aromatic carbocycles. The van der Waals surface area contributed by atoms with Gasteiger partial charge >= 0.3 is 0 Å². The normalized spacial score (nSPS) is 22.9. The molecule has 0 radical (unpaired) electrons. The number of amides is 4. The molecule has 4 amide bonds. The van der Waals surface area contributed by atoms with Crippen molar-refractivity contribution in [2.24, 2.45) is 11.8 Å². The van der Waals surface area contributed by atoms with E-state index in [0.29, 0.717) is 85.8 Å². The van der Waals surface area contributed by atoms with Gasteiger partial charge in [0.1, 0.15) is 12.1 Å². The van der Waals surface area contributed by atoms with Crippen LogP contribution in [0.15, 0.2) is 82.6 Å². The first-order chi connectivity index (χ1) is 28.1. The summed E-state index contributed by atoms with van der Waals surface area (Å²) >= 11 is 12.1. The van der Waals surface area contributed by atoms with E-state index in [1.807, 2.05) is 0 Å². The summed E-state index contributed by atoms with van der Waals surface area (Å²) < 4.78 is 58.5. The zero-order chi connectivity index (χ0) is 41.6. The minimum Gasteiger partial charge on any atom is -0.340 e. The van der Waals surface area contributed by atoms with Crippen molar-refractivity contribution in [2.45, 2.75) is 54.0 Å². The Morgan fingerprint density at radius 3 is 1.36 bits per heavy atom. The fraction of sp³-hybridized carbons (Fsp3) is 0.415. The molecule has 14 nitrogen and oxygen atoms in total. The number of nitrogens with zero attached hydrogens (tertiary/aromatic N) is 4. The monoisotopic (exact) mass is 882 g/mol. The number of rotatable bonds is 10. The number of nitrogens with one attached hydrogen (secondary N) is 2. The molecule has 4 aliphatic heterocycles. The second-order valence-corrected chi connectivity index (χ2v) is 20.3. The fourth-order valence-electron chi connectivity index (χ4n) is 8.86. The van der Waals surface area contributed by atoms with Crippen LogP contribution in [0.5, 0.6) is 0 Å². The van der Waals surface area contributed by atoms with E-state index in [9.17, 15) is 36.0 Å². The van der Waals surface area contributed by atoms with E-state index in [1.165, 1.54) is 34.1 Å². The minimum absolute atomic E-state index is 0.000381. The molecule has 2 bridgehead atoms. The average Bonchev–Trinajstić information content (AvgIpc) is 3.19. The predicted octanol–water partition coefficient (Wildman–Crippen LogP) is 3.85. The molecular formula is C41H44Cl2N6O8S2. The second-order valence-electron chi connectivity index (χ2n) is 16.0. The Balaban J connectivity index is 0.831. The highest BCUT2D eigenvalue weighted by Crippen LogP contribution is 2.30. The van der Waals surface area contributed by atoms with E-state index in [2.05, 4.69) is 9.44 Å². The fourth-order valence-corrected chi connectivity index (χ4v) is 11.7. The van der Waals surface area contributed by atoms with Gasteiger partial charge in [-0.2, -0.15) is 9.44 Å². The number of likely N-dealkylation sites (tertiary alicyclic amines) is 4. The van der Waals surface area contributed by atoms with Crippen molar-refractivity contribution in [1.29, 1.82) is 0 Å². The Labute approximate surface area is 352 Å². The molecule has 8 rings (SSSR count). The van der Waals surface area contributed by atoms with E-state index in [0.717, 1.165) is 17.2 Å². The first-order valence-corrected chi connectivity index (χ1v) is 23.4. The summed E-state index contributed by atoms with van der Waals surface area (Å²) in [4.78, 5) is 60.6. The van der Waals surface area contributed by atoms with E-state index in [4.69, 9.17) is 23.2 Å². The van der Waals surface area contributed by atoms with Crippen LogP contribution in [0.2, 0.25) is 10.0 Å². The Morgan fingerprint density at radius 2 is 0.949 bits per heavy atom. The number of carbonyl (C=O) groups excluding carboxylic acids is 4. The summed E-state index contributed by atoms with van der Waals surface area (Å²) in [6.07, 6.45) is 2.50. The highest BCUT2D eigenvalue weighted by molar-refractivity contribution is 7.89. The molecule has 0 aliphatic carbocycles. The van der Waals surface area contributed by atoms with E-state index < -0.39 is 43.9 Å². The van der Waals surface area contributed by atoms with Gasteiger partial charge in [-0.15, -0.1) is 0 Å². The Morgan fingerprint density at radius 1 is 0.576 bits per heavy atom. The van der Waals surface area contributed by atoms with Crippen LogP contribution in [-0.4, -0.2) is 125 Å². The van der Waals surface area contributed by atoms with Gasteiger partial charge in [0.2, 0.25) is 43.7 Å². The van der Waals surface area contributed by atoms with E-state index in [-0.39, 0.29) is 46.5 Å². The van der Waals surface area contributed by atoms with Gasteiger partial charge in [0.05, 0.1) is 22.9 Å². The van der Waals surface area contributed by atoms with Crippen LogP contribution in [0.3, 0.4) is 0 Å². The molecule has 4 fully saturated rings. The van der Waals surface area contributed by atoms with Gasteiger partial charge in [0, 0.05) is 49.3 Å². The van der Waals surface area contributed by atoms with Crippen molar-refractivity contribution >= 4 is 88.4 Å². The number of benzene rings is 4. The highest BCUT2D eigenvalue weighted by atomic mass is 35.5. The molecule has 4 saturated heterocycles. The summed E-state index contributed by atoms with van der Waals surface area (Å²) in [7, 11) is -8.08. The quantitative estimate of drug-likeness (QED) is 0.242. The SMILES string of the molecule is O=C(CN1CCC[C@H](NS(=O)(=O)c2ccc3cc(Cl)ccc3c2)C1=O)N1CC2CC(C1)CN(C(=O)CN1CCC[C@H](NS(=O)(=O)c3ccc4cc(Cl)ccc4c3)C1=O)C2. The van der Waals surface area contributed by atoms with Crippen molar-refractivity contribution in [3.63, 3.8) is 0 Å². The van der Waals surface area contributed by atoms with Crippen LogP contribution in [0.1, 0.15) is 32.1 Å². The van der Waals surface area contributed by atoms with Crippen LogP contribution in [0, 0.1) is 11.8 Å². The molecule has 2 atom stereocenters. The average molecular weight is 884 g/mol. The van der Waals surface area contributed by atoms with Gasteiger partial charge in [-0.3, -0.25) is 19.2 Å². The summed E-state index contributed by atoms with van der Waals surface area (Å²) in [5, 5.41) is 4.03. The number of sulfonamides is 2. The molecule has 0 spiro atoms. The topological polar surface area (TPSA) is 174 Å². The predicted molar refractivity (Wildman–Crippen MR) is 223 cm³/mol. The van der Waals surface area contributed by atoms with Crippen molar-refractivity contribution in [2.75, 3.05) is 52.4 Å². The number of hydrogen-bond donors (Lipinski definition) is 2. The maximum atomic E-state index is 13.6. The van der Waals surface area contributed by atoms with Gasteiger partial charge in [-0.05, 0) is 114 Å². The van der Waals surface area contributed by atoms with E-state index >= 15 is 0 Å². The zero-order valence-electron chi connectivity index (χ0n) is 32.1. The van der Waals surface area contributed by atoms with Crippen LogP contribution in [0.4, 0.5) is 0 Å². The first-order valence-electron chi connectivity index (χ1n) is 19.7. The molecule has 0 aromatic heterocycles. The smallest absolute Gasteiger partial charge is 0.242 e. The molecule has 4 heterocycles. The number of carbonyl (C=O) groups is 4. The lowest BCUT2D eigenvalue weighted by molar-refractivity contribution is -0.148. The summed E-state index contributed by atoms with van der Waals surface area (Å²) in [6.45, 7) is 1.92. The summed E-state index contributed by atoms with van der Waals surface area (Å²) in [5.74, 6) is -1.36. The van der Waals surface area contributed by atoms with Crippen molar-refractivity contribution in [1.82, 2.24) is 29.0 Å². The third kappa shape index (κ3) is 9.08. The van der Waals surface area contributed by atoms with Crippen LogP contribution < -0.4 is 9.44 Å². The molecule has 18 heteroatoms. The van der Waals surface area contributed by atoms with Crippen molar-refractivity contribution in [3.8, 4) is 0 Å². The van der Waals surface area contributed by atoms with Gasteiger partial charge in [-0.25, -0.2) is 16.8 Å². The Hall–Kier alpha value is -4.32. The standard InChI is InChI=1S/C41H44Cl2N6O8S2/c42-32-9-5-30-18-34(11-7-28(30)16-32)58(54,55)44-36-3-1-13-46(40(36)52)24-38(50)48-20-26-15-27(21-48)23-49(22-26)39(51)25-47-14-2-4-37(41(47)53)45-59(56,57)35-12-8-29-17-33(43)10-6-31(29)19-35/h5-12,16-19,26-27,36-37,44-45H,1-4,13-15,20-25H2/t26?,27?,36-,37-/m0/s1. The largest absolute Gasteiger partial charge is 0.340 e. The number of halogens is 2. The molecule has 312 valence electrons. The van der Waals surface area contributed by atoms with Gasteiger partial charge in [-0.1, -0.05) is 47.5 Å². The molecule has 4 aliphatic rings. The third-order valence-electron chi connectivity index (χ3n) is 11.8. The zero-order valence-corrected chi connectivity index (χ0v) is 35.2. The Bertz CT molecular complexity index is 2390. The minimum atomic E-state index is -4.04. The van der Waals surface area contributed by atoms with Crippen LogP contribution >= 0.6 is 23.2 Å². The summed E-state index contributed by atoms with van der Waals surface area (Å²) in [5.41, 5.74) is 0. The van der Waals surface area contributed by atoms with Crippen LogP contribution in [-0.2, 0) is 39.2 Å². The first kappa shape index (κ1) is 41.4. The molecule has 4 aromatic rings. The van der Waals surface area contributed by atoms with Crippen molar-refractivity contribution < 1.29 is 36.0 Å². The second kappa shape index (κ2) is 16.6. The van der Waals surface area contributed by atoms with Crippen LogP contribution in [0.25, 0.3) is 21.5 Å². The lowest BCUT2D eigenvalue weighted by Crippen LogP contribution is -2.59. The molecule has 59 heavy (non-hydrogen) atoms. The van der Waals surface area contributed by atoms with Gasteiger partial charge in [0.15, 0.2) is 0 Å².